The molecule has 2 nitrogen and oxygen atoms in total. The minimum absolute atomic E-state index is 0.252. The predicted octanol–water partition coefficient (Wildman–Crippen LogP) is 3.98. The Balaban J connectivity index is 3.56. The van der Waals surface area contributed by atoms with Gasteiger partial charge in [0.05, 0.1) is 8.07 Å². The Bertz CT molecular complexity index is 389. The summed E-state index contributed by atoms with van der Waals surface area (Å²) in [4.78, 5) is 0. The van der Waals surface area contributed by atoms with Gasteiger partial charge in [0.25, 0.3) is 0 Å². The third-order valence-corrected chi connectivity index (χ3v) is 11.4. The Kier molecular flexibility index (Phi) is 4.49. The minimum Gasteiger partial charge on any atom is -0.508 e. The molecule has 1 aromatic rings. The largest absolute Gasteiger partial charge is 0.508 e. The van der Waals surface area contributed by atoms with E-state index in [9.17, 15) is 10.2 Å². The summed E-state index contributed by atoms with van der Waals surface area (Å²) in [6.45, 7) is 13.5. The summed E-state index contributed by atoms with van der Waals surface area (Å²) >= 11 is 0. The van der Waals surface area contributed by atoms with Gasteiger partial charge in [-0.05, 0) is 40.0 Å². The van der Waals surface area contributed by atoms with E-state index in [2.05, 4.69) is 41.5 Å². The molecule has 0 aliphatic carbocycles. The lowest BCUT2D eigenvalue weighted by Crippen LogP contribution is -2.55. The molecule has 0 fully saturated rings. The Labute approximate surface area is 112 Å². The number of benzene rings is 1. The van der Waals surface area contributed by atoms with Crippen molar-refractivity contribution in [3.05, 3.63) is 18.2 Å². The van der Waals surface area contributed by atoms with Gasteiger partial charge in [0.2, 0.25) is 0 Å². The van der Waals surface area contributed by atoms with Crippen molar-refractivity contribution in [1.29, 1.82) is 0 Å². The Hall–Kier alpha value is -0.963. The SMILES string of the molecule is CC(C)[Si](c1cc(O)ccc1O)(C(C)C)C(C)C. The quantitative estimate of drug-likeness (QED) is 0.639. The molecule has 0 saturated heterocycles. The van der Waals surface area contributed by atoms with Crippen LogP contribution in [0.1, 0.15) is 41.5 Å². The molecule has 3 heteroatoms. The summed E-state index contributed by atoms with van der Waals surface area (Å²) in [7, 11) is -1.89. The van der Waals surface area contributed by atoms with Crippen LogP contribution in [0.4, 0.5) is 0 Å². The number of hydrogen-bond acceptors (Lipinski definition) is 2. The maximum atomic E-state index is 10.2. The molecular weight excluding hydrogens is 240 g/mol. The first kappa shape index (κ1) is 15.1. The van der Waals surface area contributed by atoms with Crippen LogP contribution < -0.4 is 5.19 Å². The fourth-order valence-corrected chi connectivity index (χ4v) is 10.6. The molecule has 0 aliphatic rings. The first-order valence-electron chi connectivity index (χ1n) is 6.77. The summed E-state index contributed by atoms with van der Waals surface area (Å²) in [5, 5.41) is 21.0. The summed E-state index contributed by atoms with van der Waals surface area (Å²) in [6, 6.07) is 4.96. The van der Waals surface area contributed by atoms with E-state index in [1.54, 1.807) is 18.2 Å². The zero-order valence-corrected chi connectivity index (χ0v) is 13.4. The van der Waals surface area contributed by atoms with Crippen LogP contribution in [-0.4, -0.2) is 18.3 Å². The summed E-state index contributed by atoms with van der Waals surface area (Å²) in [5.74, 6) is 0.595. The summed E-state index contributed by atoms with van der Waals surface area (Å²) in [5.41, 5.74) is 1.56. The topological polar surface area (TPSA) is 40.5 Å². The maximum absolute atomic E-state index is 10.2. The van der Waals surface area contributed by atoms with Crippen molar-refractivity contribution >= 4 is 13.3 Å². The van der Waals surface area contributed by atoms with Crippen LogP contribution in [0.15, 0.2) is 18.2 Å². The average molecular weight is 266 g/mol. The van der Waals surface area contributed by atoms with Crippen LogP contribution in [0, 0.1) is 0 Å². The second kappa shape index (κ2) is 5.35. The normalized spacial score (nSPS) is 12.7. The lowest BCUT2D eigenvalue weighted by atomic mass is 10.3. The molecule has 18 heavy (non-hydrogen) atoms. The highest BCUT2D eigenvalue weighted by Gasteiger charge is 2.45. The summed E-state index contributed by atoms with van der Waals surface area (Å²) < 4.78 is 0. The van der Waals surface area contributed by atoms with Gasteiger partial charge in [0.15, 0.2) is 0 Å². The standard InChI is InChI=1S/C15H26O2Si/c1-10(2)18(11(3)4,12(5)6)15-9-13(16)7-8-14(15)17/h7-12,16-17H,1-6H3. The van der Waals surface area contributed by atoms with Crippen LogP contribution in [0.25, 0.3) is 0 Å². The fraction of sp³-hybridized carbons (Fsp3) is 0.600. The molecule has 0 radical (unpaired) electrons. The highest BCUT2D eigenvalue weighted by atomic mass is 28.3. The maximum Gasteiger partial charge on any atom is 0.115 e. The molecule has 1 aromatic carbocycles. The number of phenols is 2. The minimum atomic E-state index is -1.89. The van der Waals surface area contributed by atoms with Crippen molar-refractivity contribution in [1.82, 2.24) is 0 Å². The van der Waals surface area contributed by atoms with Gasteiger partial charge in [-0.3, -0.25) is 0 Å². The Morgan fingerprint density at radius 2 is 1.28 bits per heavy atom. The monoisotopic (exact) mass is 266 g/mol. The molecule has 0 unspecified atom stereocenters. The van der Waals surface area contributed by atoms with Gasteiger partial charge in [-0.2, -0.15) is 0 Å². The lowest BCUT2D eigenvalue weighted by Gasteiger charge is -2.43. The smallest absolute Gasteiger partial charge is 0.115 e. The van der Waals surface area contributed by atoms with E-state index in [0.29, 0.717) is 22.4 Å². The highest BCUT2D eigenvalue weighted by Crippen LogP contribution is 2.42. The Morgan fingerprint density at radius 1 is 0.833 bits per heavy atom. The van der Waals surface area contributed by atoms with Crippen LogP contribution in [0.3, 0.4) is 0 Å². The number of aromatic hydroxyl groups is 2. The summed E-state index contributed by atoms with van der Waals surface area (Å²) in [6.07, 6.45) is 0. The first-order chi connectivity index (χ1) is 8.24. The number of hydrogen-bond donors (Lipinski definition) is 2. The second-order valence-corrected chi connectivity index (χ2v) is 12.0. The number of phenolic OH excluding ortho intramolecular Hbond substituents is 2. The van der Waals surface area contributed by atoms with Crippen LogP contribution in [0.5, 0.6) is 11.5 Å². The van der Waals surface area contributed by atoms with Gasteiger partial charge in [0.1, 0.15) is 11.5 Å². The Morgan fingerprint density at radius 3 is 1.67 bits per heavy atom. The van der Waals surface area contributed by atoms with Gasteiger partial charge >= 0.3 is 0 Å². The molecule has 0 amide bonds. The van der Waals surface area contributed by atoms with E-state index in [-0.39, 0.29) is 5.75 Å². The molecule has 0 heterocycles. The molecule has 0 atom stereocenters. The zero-order chi connectivity index (χ0) is 14.1. The third kappa shape index (κ3) is 2.28. The van der Waals surface area contributed by atoms with Crippen LogP contribution >= 0.6 is 0 Å². The molecule has 102 valence electrons. The first-order valence-corrected chi connectivity index (χ1v) is 9.00. The molecular formula is C15H26O2Si. The predicted molar refractivity (Wildman–Crippen MR) is 80.5 cm³/mol. The van der Waals surface area contributed by atoms with Crippen molar-refractivity contribution in [2.45, 2.75) is 58.2 Å². The van der Waals surface area contributed by atoms with E-state index >= 15 is 0 Å². The van der Waals surface area contributed by atoms with E-state index in [1.165, 1.54) is 0 Å². The average Bonchev–Trinajstić information content (AvgIpc) is 2.22. The van der Waals surface area contributed by atoms with Gasteiger partial charge in [-0.15, -0.1) is 0 Å². The van der Waals surface area contributed by atoms with E-state index in [4.69, 9.17) is 0 Å². The highest BCUT2D eigenvalue weighted by molar-refractivity contribution is 6.95. The molecule has 0 spiro atoms. The molecule has 0 aliphatic heterocycles. The third-order valence-electron chi connectivity index (χ3n) is 4.31. The number of rotatable bonds is 4. The van der Waals surface area contributed by atoms with E-state index < -0.39 is 8.07 Å². The van der Waals surface area contributed by atoms with Crippen molar-refractivity contribution in [3.8, 4) is 11.5 Å². The van der Waals surface area contributed by atoms with Crippen molar-refractivity contribution < 1.29 is 10.2 Å². The molecule has 1 rings (SSSR count). The molecule has 0 aromatic heterocycles. The molecule has 0 saturated carbocycles. The van der Waals surface area contributed by atoms with Gasteiger partial charge in [0, 0.05) is 0 Å². The van der Waals surface area contributed by atoms with E-state index in [1.807, 2.05) is 0 Å². The van der Waals surface area contributed by atoms with Gasteiger partial charge in [-0.1, -0.05) is 41.5 Å². The fourth-order valence-electron chi connectivity index (χ4n) is 3.80. The van der Waals surface area contributed by atoms with Gasteiger partial charge in [-0.25, -0.2) is 0 Å². The molecule has 0 bridgehead atoms. The van der Waals surface area contributed by atoms with E-state index in [0.717, 1.165) is 5.19 Å². The van der Waals surface area contributed by atoms with Crippen LogP contribution in [0.2, 0.25) is 16.6 Å². The van der Waals surface area contributed by atoms with Crippen molar-refractivity contribution in [2.24, 2.45) is 0 Å². The lowest BCUT2D eigenvalue weighted by molar-refractivity contribution is 0.463. The second-order valence-electron chi connectivity index (χ2n) is 6.10. The van der Waals surface area contributed by atoms with Crippen molar-refractivity contribution in [3.63, 3.8) is 0 Å². The zero-order valence-electron chi connectivity index (χ0n) is 12.4. The molecule has 2 N–H and O–H groups in total. The van der Waals surface area contributed by atoms with Gasteiger partial charge < -0.3 is 10.2 Å². The van der Waals surface area contributed by atoms with Crippen molar-refractivity contribution in [2.75, 3.05) is 0 Å². The van der Waals surface area contributed by atoms with Crippen LogP contribution in [-0.2, 0) is 0 Å².